The minimum atomic E-state index is 0.292. The van der Waals surface area contributed by atoms with Gasteiger partial charge < -0.3 is 0 Å². The molecule has 0 N–H and O–H groups in total. The molecule has 0 bridgehead atoms. The Balaban J connectivity index is 1.28. The van der Waals surface area contributed by atoms with Gasteiger partial charge in [-0.25, -0.2) is 4.98 Å². The van der Waals surface area contributed by atoms with Gasteiger partial charge in [0.15, 0.2) is 0 Å². The van der Waals surface area contributed by atoms with Crippen molar-refractivity contribution in [3.05, 3.63) is 170 Å². The molecule has 7 aromatic carbocycles. The summed E-state index contributed by atoms with van der Waals surface area (Å²) in [4.78, 5) is 5.21. The molecule has 0 amide bonds. The van der Waals surface area contributed by atoms with Gasteiger partial charge in [0.25, 0.3) is 0 Å². The Kier molecular flexibility index (Phi) is 7.01. The first-order valence-corrected chi connectivity index (χ1v) is 17.1. The van der Waals surface area contributed by atoms with E-state index in [2.05, 4.69) is 175 Å². The van der Waals surface area contributed by atoms with Gasteiger partial charge in [-0.15, -0.1) is 0 Å². The summed E-state index contributed by atoms with van der Waals surface area (Å²) >= 11 is 0. The molecule has 0 radical (unpaired) electrons. The second-order valence-electron chi connectivity index (χ2n) is 13.1. The highest BCUT2D eigenvalue weighted by atomic mass is 15.1. The number of allylic oxidation sites excluding steroid dienone is 2. The molecule has 0 fully saturated rings. The van der Waals surface area contributed by atoms with Crippen LogP contribution in [0.25, 0.3) is 71.6 Å². The van der Waals surface area contributed by atoms with E-state index in [0.29, 0.717) is 11.8 Å². The number of para-hydroxylation sites is 2. The van der Waals surface area contributed by atoms with Crippen molar-refractivity contribution in [2.24, 2.45) is 5.92 Å². The summed E-state index contributed by atoms with van der Waals surface area (Å²) in [6.07, 6.45) is 7.03. The topological polar surface area (TPSA) is 17.8 Å². The highest BCUT2D eigenvalue weighted by Crippen LogP contribution is 2.45. The Morgan fingerprint density at radius 3 is 1.85 bits per heavy atom. The monoisotopic (exact) mass is 616 g/mol. The maximum absolute atomic E-state index is 5.21. The molecule has 230 valence electrons. The Bertz CT molecular complexity index is 2450. The molecule has 9 rings (SSSR count). The number of hydrogen-bond acceptors (Lipinski definition) is 1. The van der Waals surface area contributed by atoms with Crippen molar-refractivity contribution in [1.82, 2.24) is 9.55 Å². The van der Waals surface area contributed by atoms with Crippen molar-refractivity contribution in [2.75, 3.05) is 0 Å². The fraction of sp³-hybridized carbons (Fsp3) is 0.109. The van der Waals surface area contributed by atoms with E-state index in [1.807, 2.05) is 0 Å². The van der Waals surface area contributed by atoms with Crippen LogP contribution in [-0.4, -0.2) is 9.55 Å². The summed E-state index contributed by atoms with van der Waals surface area (Å²) in [5.74, 6) is 1.97. The van der Waals surface area contributed by atoms with E-state index in [-0.39, 0.29) is 0 Å². The summed E-state index contributed by atoms with van der Waals surface area (Å²) in [7, 11) is 0. The van der Waals surface area contributed by atoms with Crippen LogP contribution in [0.4, 0.5) is 0 Å². The third-order valence-electron chi connectivity index (χ3n) is 10.2. The Morgan fingerprint density at radius 1 is 0.542 bits per heavy atom. The first-order chi connectivity index (χ1) is 23.7. The predicted octanol–water partition coefficient (Wildman–Crippen LogP) is 12.4. The molecule has 0 aliphatic heterocycles. The van der Waals surface area contributed by atoms with Gasteiger partial charge in [0.1, 0.15) is 5.82 Å². The highest BCUT2D eigenvalue weighted by molar-refractivity contribution is 6.22. The van der Waals surface area contributed by atoms with Crippen LogP contribution in [0.5, 0.6) is 0 Å². The Morgan fingerprint density at radius 2 is 1.12 bits per heavy atom. The number of imidazole rings is 1. The lowest BCUT2D eigenvalue weighted by Crippen LogP contribution is -2.15. The largest absolute Gasteiger partial charge is 0.296 e. The van der Waals surface area contributed by atoms with E-state index in [9.17, 15) is 0 Å². The number of hydrogen-bond donors (Lipinski definition) is 0. The van der Waals surface area contributed by atoms with Crippen LogP contribution in [0, 0.1) is 5.92 Å². The van der Waals surface area contributed by atoms with Gasteiger partial charge >= 0.3 is 0 Å². The lowest BCUT2D eigenvalue weighted by molar-refractivity contribution is 0.452. The number of fused-ring (bicyclic) bond motifs is 3. The zero-order valence-corrected chi connectivity index (χ0v) is 27.1. The maximum atomic E-state index is 5.21. The van der Waals surface area contributed by atoms with Gasteiger partial charge in [-0.3, -0.25) is 4.57 Å². The molecule has 0 spiro atoms. The molecule has 2 heteroatoms. The molecule has 1 aliphatic rings. The number of benzene rings is 7. The lowest BCUT2D eigenvalue weighted by Gasteiger charge is -2.25. The van der Waals surface area contributed by atoms with Gasteiger partial charge in [0.05, 0.1) is 11.0 Å². The van der Waals surface area contributed by atoms with Crippen LogP contribution in [-0.2, 0) is 0 Å². The fourth-order valence-electron chi connectivity index (χ4n) is 7.84. The Labute approximate surface area is 281 Å². The van der Waals surface area contributed by atoms with Crippen molar-refractivity contribution in [2.45, 2.75) is 25.7 Å². The second kappa shape index (κ2) is 11.8. The van der Waals surface area contributed by atoms with E-state index >= 15 is 0 Å². The highest BCUT2D eigenvalue weighted by Gasteiger charge is 2.26. The third kappa shape index (κ3) is 4.76. The third-order valence-corrected chi connectivity index (χ3v) is 10.2. The molecule has 0 saturated carbocycles. The summed E-state index contributed by atoms with van der Waals surface area (Å²) in [6, 6.07) is 55.2. The smallest absolute Gasteiger partial charge is 0.121 e. The number of nitrogens with zero attached hydrogens (tertiary/aromatic N) is 2. The van der Waals surface area contributed by atoms with Crippen LogP contribution < -0.4 is 0 Å². The van der Waals surface area contributed by atoms with E-state index in [4.69, 9.17) is 4.98 Å². The minimum Gasteiger partial charge on any atom is -0.296 e. The predicted molar refractivity (Wildman–Crippen MR) is 203 cm³/mol. The quantitative estimate of drug-likeness (QED) is 0.139. The van der Waals surface area contributed by atoms with E-state index in [1.54, 1.807) is 0 Å². The van der Waals surface area contributed by atoms with Gasteiger partial charge in [-0.05, 0) is 104 Å². The van der Waals surface area contributed by atoms with Crippen LogP contribution >= 0.6 is 0 Å². The Hall–Kier alpha value is -5.73. The van der Waals surface area contributed by atoms with Crippen molar-refractivity contribution < 1.29 is 0 Å². The van der Waals surface area contributed by atoms with Gasteiger partial charge in [0, 0.05) is 11.6 Å². The van der Waals surface area contributed by atoms with Crippen LogP contribution in [0.3, 0.4) is 0 Å². The zero-order chi connectivity index (χ0) is 32.0. The molecule has 8 aromatic rings. The molecular formula is C46H36N2. The molecule has 48 heavy (non-hydrogen) atoms. The molecule has 2 atom stereocenters. The fourth-order valence-corrected chi connectivity index (χ4v) is 7.84. The van der Waals surface area contributed by atoms with Gasteiger partial charge in [-0.1, -0.05) is 140 Å². The van der Waals surface area contributed by atoms with Crippen LogP contribution in [0.15, 0.2) is 164 Å². The van der Waals surface area contributed by atoms with Crippen molar-refractivity contribution in [3.63, 3.8) is 0 Å². The molecule has 1 aromatic heterocycles. The first kappa shape index (κ1) is 28.5. The minimum absolute atomic E-state index is 0.292. The SMILES string of the molecule is CC1CCC=CC1c1nc2ccccc2n1-c1ccc(-c2c3ccccc3c(-c3ccccc3)c3ccc(-c4ccccc4)cc23)cc1. The van der Waals surface area contributed by atoms with Crippen molar-refractivity contribution >= 4 is 32.6 Å². The standard InChI is InChI=1S/C46H36N2/c1-31-14-8-9-19-37(31)46-47-42-22-12-13-23-43(42)48(46)36-27-24-34(25-28-36)45-39-21-11-10-20-38(39)44(33-17-6-3-7-18-33)40-29-26-35(30-41(40)45)32-15-4-2-5-16-32/h2-7,9-13,15-31,37H,8,14H2,1H3. The number of rotatable bonds is 5. The lowest BCUT2D eigenvalue weighted by atomic mass is 9.84. The maximum Gasteiger partial charge on any atom is 0.121 e. The zero-order valence-electron chi connectivity index (χ0n) is 27.1. The van der Waals surface area contributed by atoms with E-state index in [1.165, 1.54) is 61.3 Å². The molecular weight excluding hydrogens is 581 g/mol. The molecule has 1 heterocycles. The molecule has 0 saturated heterocycles. The average Bonchev–Trinajstić information content (AvgIpc) is 3.54. The average molecular weight is 617 g/mol. The van der Waals surface area contributed by atoms with Crippen LogP contribution in [0.1, 0.15) is 31.5 Å². The van der Waals surface area contributed by atoms with Gasteiger partial charge in [-0.2, -0.15) is 0 Å². The van der Waals surface area contributed by atoms with Crippen molar-refractivity contribution in [3.8, 4) is 39.1 Å². The van der Waals surface area contributed by atoms with E-state index < -0.39 is 0 Å². The summed E-state index contributed by atoms with van der Waals surface area (Å²) in [6.45, 7) is 2.36. The van der Waals surface area contributed by atoms with Crippen molar-refractivity contribution in [1.29, 1.82) is 0 Å². The van der Waals surface area contributed by atoms with Crippen LogP contribution in [0.2, 0.25) is 0 Å². The molecule has 1 aliphatic carbocycles. The number of aromatic nitrogens is 2. The van der Waals surface area contributed by atoms with Gasteiger partial charge in [0.2, 0.25) is 0 Å². The summed E-state index contributed by atoms with van der Waals surface area (Å²) < 4.78 is 2.39. The normalized spacial score (nSPS) is 16.2. The molecule has 2 nitrogen and oxygen atoms in total. The second-order valence-corrected chi connectivity index (χ2v) is 13.1. The molecule has 2 unspecified atom stereocenters. The first-order valence-electron chi connectivity index (χ1n) is 17.1. The van der Waals surface area contributed by atoms with E-state index in [0.717, 1.165) is 29.0 Å². The summed E-state index contributed by atoms with van der Waals surface area (Å²) in [5, 5.41) is 5.05. The summed E-state index contributed by atoms with van der Waals surface area (Å²) in [5.41, 5.74) is 10.8.